The highest BCUT2D eigenvalue weighted by molar-refractivity contribution is 6.12. The van der Waals surface area contributed by atoms with Crippen LogP contribution in [0.5, 0.6) is 0 Å². The van der Waals surface area contributed by atoms with Crippen LogP contribution in [0.15, 0.2) is 36.8 Å². The summed E-state index contributed by atoms with van der Waals surface area (Å²) in [6.45, 7) is 5.63. The van der Waals surface area contributed by atoms with Crippen molar-refractivity contribution in [3.05, 3.63) is 59.4 Å². The molecule has 3 aromatic heterocycles. The van der Waals surface area contributed by atoms with Crippen molar-refractivity contribution < 1.29 is 19.1 Å². The number of imidazole rings is 1. The molecule has 0 saturated carbocycles. The molecule has 182 valence electrons. The molecule has 4 aromatic rings. The number of piperidine rings is 1. The van der Waals surface area contributed by atoms with Gasteiger partial charge >= 0.3 is 6.09 Å². The first-order chi connectivity index (χ1) is 16.6. The van der Waals surface area contributed by atoms with Gasteiger partial charge in [-0.3, -0.25) is 9.48 Å². The first kappa shape index (κ1) is 22.8. The van der Waals surface area contributed by atoms with Crippen molar-refractivity contribution in [2.24, 2.45) is 7.05 Å². The fourth-order valence-electron chi connectivity index (χ4n) is 5.44. The van der Waals surface area contributed by atoms with E-state index in [1.54, 1.807) is 41.5 Å². The zero-order chi connectivity index (χ0) is 25.0. The zero-order valence-corrected chi connectivity index (χ0v) is 20.0. The van der Waals surface area contributed by atoms with Gasteiger partial charge in [-0.15, -0.1) is 0 Å². The lowest BCUT2D eigenvalue weighted by Gasteiger charge is -2.41. The number of likely N-dealkylation sites (tertiary alicyclic amines) is 1. The molecule has 0 radical (unpaired) electrons. The van der Waals surface area contributed by atoms with Crippen LogP contribution in [0.25, 0.3) is 16.6 Å². The lowest BCUT2D eigenvalue weighted by Crippen LogP contribution is -2.48. The number of carbonyl (C=O) groups excluding carboxylic acids is 1. The second kappa shape index (κ2) is 8.37. The van der Waals surface area contributed by atoms with Crippen LogP contribution in [0.3, 0.4) is 0 Å². The minimum absolute atomic E-state index is 0.118. The highest BCUT2D eigenvalue weighted by Gasteiger charge is 2.35. The summed E-state index contributed by atoms with van der Waals surface area (Å²) in [6.07, 6.45) is 5.69. The number of halogens is 1. The van der Waals surface area contributed by atoms with Crippen LogP contribution < -0.4 is 5.32 Å². The molecule has 10 heteroatoms. The Kier molecular flexibility index (Phi) is 5.46. The summed E-state index contributed by atoms with van der Waals surface area (Å²) in [6, 6.07) is 4.69. The molecule has 1 saturated heterocycles. The maximum Gasteiger partial charge on any atom is 0.407 e. The second-order valence-electron chi connectivity index (χ2n) is 9.47. The lowest BCUT2D eigenvalue weighted by atomic mass is 9.81. The van der Waals surface area contributed by atoms with Crippen LogP contribution in [-0.4, -0.2) is 53.3 Å². The number of nitrogens with one attached hydrogen (secondary N) is 1. The molecule has 2 amide bonds. The van der Waals surface area contributed by atoms with Crippen molar-refractivity contribution in [3.8, 4) is 0 Å². The third kappa shape index (κ3) is 3.98. The van der Waals surface area contributed by atoms with Gasteiger partial charge in [0.05, 0.1) is 16.9 Å². The third-order valence-electron chi connectivity index (χ3n) is 6.82. The van der Waals surface area contributed by atoms with E-state index in [1.807, 2.05) is 26.1 Å². The summed E-state index contributed by atoms with van der Waals surface area (Å²) < 4.78 is 17.7. The molecule has 2 atom stereocenters. The summed E-state index contributed by atoms with van der Waals surface area (Å²) in [4.78, 5) is 30.5. The number of amides is 2. The Balaban J connectivity index is 1.47. The van der Waals surface area contributed by atoms with Gasteiger partial charge in [0.15, 0.2) is 11.5 Å². The molecule has 0 bridgehead atoms. The van der Waals surface area contributed by atoms with Crippen LogP contribution in [0, 0.1) is 12.7 Å². The monoisotopic (exact) mass is 478 g/mol. The Morgan fingerprint density at radius 3 is 2.54 bits per heavy atom. The van der Waals surface area contributed by atoms with Crippen molar-refractivity contribution in [2.45, 2.75) is 51.6 Å². The lowest BCUT2D eigenvalue weighted by molar-refractivity contribution is 0.0768. The van der Waals surface area contributed by atoms with E-state index < -0.39 is 17.8 Å². The van der Waals surface area contributed by atoms with E-state index in [1.165, 1.54) is 11.0 Å². The van der Waals surface area contributed by atoms with Crippen LogP contribution in [0.2, 0.25) is 0 Å². The highest BCUT2D eigenvalue weighted by Crippen LogP contribution is 2.38. The maximum absolute atomic E-state index is 14.5. The number of nitrogens with zero attached hydrogens (tertiary/aromatic N) is 5. The first-order valence-corrected chi connectivity index (χ1v) is 11.6. The Morgan fingerprint density at radius 2 is 1.86 bits per heavy atom. The quantitative estimate of drug-likeness (QED) is 0.449. The van der Waals surface area contributed by atoms with E-state index in [9.17, 15) is 19.1 Å². The fourth-order valence-corrected chi connectivity index (χ4v) is 5.44. The number of aryl methyl sites for hydroxylation is 2. The Hall–Kier alpha value is -3.95. The standard InChI is InChI=1S/C25H27FN6O3/c1-13-10-31-11-17(9-21(26)23(31)27-13)28-24(33)19-6-5-18(20-12-30(4)29-22(19)20)16-7-14(2)32(25(34)35)15(3)8-16/h5-6,9-12,14-16H,7-8H2,1-4H3,(H,28,33)(H,34,35). The summed E-state index contributed by atoms with van der Waals surface area (Å²) in [5.74, 6) is -0.774. The number of hydrogen-bond acceptors (Lipinski definition) is 4. The first-order valence-electron chi connectivity index (χ1n) is 11.6. The minimum Gasteiger partial charge on any atom is -0.465 e. The number of hydrogen-bond donors (Lipinski definition) is 2. The summed E-state index contributed by atoms with van der Waals surface area (Å²) in [5.41, 5.74) is 3.19. The summed E-state index contributed by atoms with van der Waals surface area (Å²) >= 11 is 0. The third-order valence-corrected chi connectivity index (χ3v) is 6.82. The van der Waals surface area contributed by atoms with Gasteiger partial charge in [-0.05, 0) is 51.2 Å². The molecular weight excluding hydrogens is 451 g/mol. The molecule has 1 fully saturated rings. The molecule has 9 nitrogen and oxygen atoms in total. The number of fused-ring (bicyclic) bond motifs is 2. The molecular formula is C25H27FN6O3. The predicted octanol–water partition coefficient (Wildman–Crippen LogP) is 4.56. The largest absolute Gasteiger partial charge is 0.465 e. The van der Waals surface area contributed by atoms with Crippen molar-refractivity contribution in [1.82, 2.24) is 24.1 Å². The normalized spacial score (nSPS) is 20.5. The number of aromatic nitrogens is 4. The van der Waals surface area contributed by atoms with Gasteiger partial charge in [-0.25, -0.2) is 14.2 Å². The topological polar surface area (TPSA) is 105 Å². The van der Waals surface area contributed by atoms with Gasteiger partial charge in [-0.2, -0.15) is 5.10 Å². The smallest absolute Gasteiger partial charge is 0.407 e. The molecule has 0 aliphatic carbocycles. The van der Waals surface area contributed by atoms with E-state index in [0.717, 1.165) is 10.9 Å². The molecule has 0 spiro atoms. The molecule has 2 unspecified atom stereocenters. The number of rotatable bonds is 3. The number of anilines is 1. The molecule has 4 heterocycles. The van der Waals surface area contributed by atoms with Crippen LogP contribution in [-0.2, 0) is 7.05 Å². The van der Waals surface area contributed by atoms with Gasteiger partial charge in [-0.1, -0.05) is 6.07 Å². The van der Waals surface area contributed by atoms with Crippen molar-refractivity contribution >= 4 is 34.2 Å². The van der Waals surface area contributed by atoms with Gasteiger partial charge in [0.2, 0.25) is 0 Å². The Bertz CT molecular complexity index is 1460. The maximum atomic E-state index is 14.5. The summed E-state index contributed by atoms with van der Waals surface area (Å²) in [5, 5.41) is 17.7. The summed E-state index contributed by atoms with van der Waals surface area (Å²) in [7, 11) is 1.80. The van der Waals surface area contributed by atoms with Gasteiger partial charge in [0.25, 0.3) is 5.91 Å². The zero-order valence-electron chi connectivity index (χ0n) is 20.0. The Morgan fingerprint density at radius 1 is 1.14 bits per heavy atom. The predicted molar refractivity (Wildman–Crippen MR) is 129 cm³/mol. The van der Waals surface area contributed by atoms with E-state index in [-0.39, 0.29) is 23.6 Å². The second-order valence-corrected chi connectivity index (χ2v) is 9.47. The molecule has 1 aliphatic rings. The van der Waals surface area contributed by atoms with Crippen LogP contribution in [0.4, 0.5) is 14.9 Å². The average molecular weight is 479 g/mol. The average Bonchev–Trinajstić information content (AvgIpc) is 3.33. The SMILES string of the molecule is Cc1cn2cc(NC(=O)c3ccc(C4CC(C)N(C(=O)O)C(C)C4)c4cn(C)nc34)cc(F)c2n1. The number of carboxylic acid groups (broad SMARTS) is 1. The van der Waals surface area contributed by atoms with Crippen molar-refractivity contribution in [2.75, 3.05) is 5.32 Å². The van der Waals surface area contributed by atoms with Gasteiger partial charge in [0.1, 0.15) is 5.52 Å². The molecule has 1 aromatic carbocycles. The highest BCUT2D eigenvalue weighted by atomic mass is 19.1. The van der Waals surface area contributed by atoms with E-state index in [2.05, 4.69) is 15.4 Å². The van der Waals surface area contributed by atoms with Crippen molar-refractivity contribution in [1.29, 1.82) is 0 Å². The van der Waals surface area contributed by atoms with Gasteiger partial charge in [0, 0.05) is 49.2 Å². The van der Waals surface area contributed by atoms with Gasteiger partial charge < -0.3 is 19.7 Å². The van der Waals surface area contributed by atoms with E-state index >= 15 is 0 Å². The minimum atomic E-state index is -0.900. The van der Waals surface area contributed by atoms with Crippen molar-refractivity contribution in [3.63, 3.8) is 0 Å². The molecule has 35 heavy (non-hydrogen) atoms. The number of benzene rings is 1. The van der Waals surface area contributed by atoms with Crippen LogP contribution in [0.1, 0.15) is 54.2 Å². The Labute approximate surface area is 201 Å². The van der Waals surface area contributed by atoms with E-state index in [0.29, 0.717) is 35.3 Å². The fraction of sp³-hybridized carbons (Fsp3) is 0.360. The van der Waals surface area contributed by atoms with E-state index in [4.69, 9.17) is 0 Å². The molecule has 2 N–H and O–H groups in total. The molecule has 5 rings (SSSR count). The molecule has 1 aliphatic heterocycles. The van der Waals surface area contributed by atoms with Crippen LogP contribution >= 0.6 is 0 Å². The number of pyridine rings is 1. The number of carbonyl (C=O) groups is 2.